The minimum Gasteiger partial charge on any atom is -0.462 e. The molecule has 0 aliphatic rings. The van der Waals surface area contributed by atoms with Crippen molar-refractivity contribution in [3.05, 3.63) is 29.3 Å². The fourth-order valence-electron chi connectivity index (χ4n) is 1.28. The van der Waals surface area contributed by atoms with Crippen molar-refractivity contribution in [1.29, 1.82) is 0 Å². The van der Waals surface area contributed by atoms with E-state index in [-0.39, 0.29) is 17.9 Å². The summed E-state index contributed by atoms with van der Waals surface area (Å²) in [6.45, 7) is 3.55. The van der Waals surface area contributed by atoms with Crippen molar-refractivity contribution >= 4 is 11.8 Å². The quantitative estimate of drug-likeness (QED) is 0.257. The van der Waals surface area contributed by atoms with Gasteiger partial charge in [-0.25, -0.2) is 4.79 Å². The number of aryl methyl sites for hydroxylation is 1. The molecule has 1 aromatic rings. The van der Waals surface area contributed by atoms with Gasteiger partial charge in [0.15, 0.2) is 5.69 Å². The largest absolute Gasteiger partial charge is 0.462 e. The van der Waals surface area contributed by atoms with Gasteiger partial charge < -0.3 is 14.2 Å². The third kappa shape index (κ3) is 3.44. The van der Waals surface area contributed by atoms with E-state index >= 15 is 0 Å². The molecular weight excluding hydrogens is 236 g/mol. The molecule has 0 radical (unpaired) electrons. The van der Waals surface area contributed by atoms with E-state index < -0.39 is 11.8 Å². The number of hydrogen-bond donors (Lipinski definition) is 0. The van der Waals surface area contributed by atoms with Gasteiger partial charge in [-0.15, -0.1) is 0 Å². The highest BCUT2D eigenvalue weighted by Gasteiger charge is 2.24. The van der Waals surface area contributed by atoms with Crippen molar-refractivity contribution in [1.82, 2.24) is 10.1 Å². The second kappa shape index (κ2) is 6.00. The van der Waals surface area contributed by atoms with Crippen LogP contribution in [0.2, 0.25) is 0 Å². The molecule has 0 N–H and O–H groups in total. The number of hydrogen-bond acceptors (Lipinski definition) is 6. The summed E-state index contributed by atoms with van der Waals surface area (Å²) in [5.41, 5.74) is 0.0174. The van der Waals surface area contributed by atoms with Gasteiger partial charge in [-0.3, -0.25) is 4.79 Å². The Morgan fingerprint density at radius 1 is 1.50 bits per heavy atom. The number of nitrogens with zero attached hydrogens (tertiary/aromatic N) is 2. The Balaban J connectivity index is 3.04. The molecular formula is C12H16N2O4. The topological polar surface area (TPSA) is 72.6 Å². The van der Waals surface area contributed by atoms with E-state index in [0.29, 0.717) is 5.76 Å². The highest BCUT2D eigenvalue weighted by atomic mass is 16.5. The maximum absolute atomic E-state index is 12.1. The Morgan fingerprint density at radius 3 is 2.61 bits per heavy atom. The van der Waals surface area contributed by atoms with Crippen LogP contribution < -0.4 is 0 Å². The maximum Gasteiger partial charge on any atom is 0.343 e. The van der Waals surface area contributed by atoms with E-state index in [4.69, 9.17) is 9.26 Å². The van der Waals surface area contributed by atoms with Crippen molar-refractivity contribution in [2.75, 3.05) is 20.7 Å². The van der Waals surface area contributed by atoms with Gasteiger partial charge in [-0.2, -0.15) is 0 Å². The lowest BCUT2D eigenvalue weighted by molar-refractivity contribution is -0.138. The van der Waals surface area contributed by atoms with Crippen molar-refractivity contribution < 1.29 is 18.8 Å². The minimum absolute atomic E-state index is 0.0739. The fourth-order valence-corrected chi connectivity index (χ4v) is 1.28. The monoisotopic (exact) mass is 252 g/mol. The summed E-state index contributed by atoms with van der Waals surface area (Å²) in [6.07, 6.45) is 1.41. The second-order valence-electron chi connectivity index (χ2n) is 3.88. The zero-order chi connectivity index (χ0) is 13.7. The van der Waals surface area contributed by atoms with E-state index in [9.17, 15) is 9.59 Å². The number of esters is 1. The lowest BCUT2D eigenvalue weighted by Crippen LogP contribution is -2.19. The van der Waals surface area contributed by atoms with Gasteiger partial charge >= 0.3 is 5.97 Å². The van der Waals surface area contributed by atoms with Gasteiger partial charge in [0.2, 0.25) is 5.78 Å². The first-order valence-electron chi connectivity index (χ1n) is 5.49. The van der Waals surface area contributed by atoms with Crippen molar-refractivity contribution in [3.63, 3.8) is 0 Å². The number of Topliss-reactive ketones (excluding diaryl/α,β-unsaturated/α-hetero) is 1. The fraction of sp³-hybridized carbons (Fsp3) is 0.417. The number of rotatable bonds is 5. The molecule has 98 valence electrons. The molecule has 0 saturated heterocycles. The van der Waals surface area contributed by atoms with E-state index in [0.717, 1.165) is 0 Å². The Morgan fingerprint density at radius 2 is 2.17 bits per heavy atom. The van der Waals surface area contributed by atoms with Gasteiger partial charge in [0.25, 0.3) is 0 Å². The van der Waals surface area contributed by atoms with Crippen LogP contribution in [0.5, 0.6) is 0 Å². The first-order valence-corrected chi connectivity index (χ1v) is 5.49. The van der Waals surface area contributed by atoms with E-state index in [2.05, 4.69) is 5.16 Å². The summed E-state index contributed by atoms with van der Waals surface area (Å²) in [6, 6.07) is 1.48. The average Bonchev–Trinajstić information content (AvgIpc) is 2.72. The van der Waals surface area contributed by atoms with Gasteiger partial charge in [0, 0.05) is 26.4 Å². The van der Waals surface area contributed by atoms with Gasteiger partial charge in [-0.1, -0.05) is 5.16 Å². The third-order valence-corrected chi connectivity index (χ3v) is 1.99. The summed E-state index contributed by atoms with van der Waals surface area (Å²) in [7, 11) is 3.42. The summed E-state index contributed by atoms with van der Waals surface area (Å²) >= 11 is 0. The van der Waals surface area contributed by atoms with Gasteiger partial charge in [-0.05, 0) is 13.8 Å². The van der Waals surface area contributed by atoms with Gasteiger partial charge in [0.1, 0.15) is 11.3 Å². The first-order chi connectivity index (χ1) is 8.45. The lowest BCUT2D eigenvalue weighted by Gasteiger charge is -2.09. The Hall–Kier alpha value is -2.11. The molecule has 6 nitrogen and oxygen atoms in total. The maximum atomic E-state index is 12.1. The molecule has 0 saturated carbocycles. The van der Waals surface area contributed by atoms with Crippen molar-refractivity contribution in [2.45, 2.75) is 13.8 Å². The predicted octanol–water partition coefficient (Wildman–Crippen LogP) is 1.17. The zero-order valence-corrected chi connectivity index (χ0v) is 10.9. The SMILES string of the molecule is CCOC(=O)/C(=C/N(C)C)C(=O)c1cc(C)on1. The van der Waals surface area contributed by atoms with E-state index in [1.807, 2.05) is 0 Å². The molecule has 1 aromatic heterocycles. The molecule has 0 unspecified atom stereocenters. The van der Waals surface area contributed by atoms with Crippen LogP contribution >= 0.6 is 0 Å². The molecule has 0 aromatic carbocycles. The number of ether oxygens (including phenoxy) is 1. The molecule has 0 spiro atoms. The van der Waals surface area contributed by atoms with Crippen LogP contribution in [0.4, 0.5) is 0 Å². The van der Waals surface area contributed by atoms with Crippen LogP contribution in [-0.4, -0.2) is 42.5 Å². The highest BCUT2D eigenvalue weighted by Crippen LogP contribution is 2.11. The highest BCUT2D eigenvalue weighted by molar-refractivity contribution is 6.23. The molecule has 0 aliphatic carbocycles. The molecule has 1 rings (SSSR count). The summed E-state index contributed by atoms with van der Waals surface area (Å²) < 4.78 is 9.66. The molecule has 18 heavy (non-hydrogen) atoms. The summed E-state index contributed by atoms with van der Waals surface area (Å²) in [5.74, 6) is -0.678. The van der Waals surface area contributed by atoms with Crippen LogP contribution in [0, 0.1) is 6.92 Å². The third-order valence-electron chi connectivity index (χ3n) is 1.99. The molecule has 0 bridgehead atoms. The van der Waals surface area contributed by atoms with Crippen LogP contribution in [0.25, 0.3) is 0 Å². The van der Waals surface area contributed by atoms with Crippen molar-refractivity contribution in [2.24, 2.45) is 0 Å². The first kappa shape index (κ1) is 14.0. The normalized spacial score (nSPS) is 11.2. The molecule has 1 heterocycles. The second-order valence-corrected chi connectivity index (χ2v) is 3.88. The summed E-state index contributed by atoms with van der Waals surface area (Å²) in [5, 5.41) is 3.59. The Kier molecular flexibility index (Phi) is 4.65. The number of aromatic nitrogens is 1. The zero-order valence-electron chi connectivity index (χ0n) is 10.9. The average molecular weight is 252 g/mol. The molecule has 0 fully saturated rings. The van der Waals surface area contributed by atoms with E-state index in [1.54, 1.807) is 32.8 Å². The summed E-state index contributed by atoms with van der Waals surface area (Å²) in [4.78, 5) is 25.4. The van der Waals surface area contributed by atoms with Crippen LogP contribution in [0.1, 0.15) is 23.2 Å². The van der Waals surface area contributed by atoms with Crippen LogP contribution in [0.15, 0.2) is 22.4 Å². The van der Waals surface area contributed by atoms with Crippen LogP contribution in [0.3, 0.4) is 0 Å². The van der Waals surface area contributed by atoms with Crippen molar-refractivity contribution in [3.8, 4) is 0 Å². The molecule has 0 aliphatic heterocycles. The molecule has 6 heteroatoms. The predicted molar refractivity (Wildman–Crippen MR) is 64.0 cm³/mol. The van der Waals surface area contributed by atoms with Crippen LogP contribution in [-0.2, 0) is 9.53 Å². The lowest BCUT2D eigenvalue weighted by atomic mass is 10.1. The number of carbonyl (C=O) groups is 2. The molecule has 0 amide bonds. The Labute approximate surface area is 105 Å². The smallest absolute Gasteiger partial charge is 0.343 e. The van der Waals surface area contributed by atoms with Gasteiger partial charge in [0.05, 0.1) is 6.61 Å². The Bertz CT molecular complexity index is 474. The number of carbonyl (C=O) groups excluding carboxylic acids is 2. The standard InChI is InChI=1S/C12H16N2O4/c1-5-17-12(16)9(7-14(3)4)11(15)10-6-8(2)18-13-10/h6-7H,5H2,1-4H3/b9-7+. The molecule has 0 atom stereocenters. The van der Waals surface area contributed by atoms with E-state index in [1.165, 1.54) is 12.3 Å². The minimum atomic E-state index is -0.670. The number of ketones is 1.